The van der Waals surface area contributed by atoms with Crippen LogP contribution in [0, 0.1) is 0 Å². The molecule has 0 saturated carbocycles. The largest absolute Gasteiger partial charge is 0.497 e. The van der Waals surface area contributed by atoms with E-state index in [1.807, 2.05) is 35.8 Å². The van der Waals surface area contributed by atoms with Crippen LogP contribution in [0.1, 0.15) is 49.1 Å². The Kier molecular flexibility index (Phi) is 7.39. The lowest BCUT2D eigenvalue weighted by molar-refractivity contribution is 0.102. The van der Waals surface area contributed by atoms with Gasteiger partial charge in [-0.1, -0.05) is 29.4 Å². The number of methoxy groups -OCH3 is 1. The molecule has 30 heavy (non-hydrogen) atoms. The smallest absolute Gasteiger partial charge is 0.192 e. The van der Waals surface area contributed by atoms with E-state index in [1.165, 1.54) is 11.8 Å². The summed E-state index contributed by atoms with van der Waals surface area (Å²) >= 11 is 7.26. The minimum Gasteiger partial charge on any atom is -0.497 e. The number of ether oxygens (including phenoxy) is 2. The molecule has 6 nitrogen and oxygen atoms in total. The third kappa shape index (κ3) is 5.34. The van der Waals surface area contributed by atoms with Crippen molar-refractivity contribution < 1.29 is 14.3 Å². The number of Topliss-reactive ketones (excluding diaryl/α,β-unsaturated/α-hetero) is 1. The number of nitrogens with zero attached hydrogens (tertiary/aromatic N) is 3. The van der Waals surface area contributed by atoms with E-state index in [4.69, 9.17) is 21.1 Å². The number of rotatable bonds is 9. The second kappa shape index (κ2) is 10.00. The molecule has 1 unspecified atom stereocenters. The number of carbonyl (C=O) groups excluding carboxylic acids is 1. The van der Waals surface area contributed by atoms with Crippen molar-refractivity contribution in [1.29, 1.82) is 0 Å². The van der Waals surface area contributed by atoms with Gasteiger partial charge in [0, 0.05) is 22.7 Å². The molecule has 0 aliphatic rings. The van der Waals surface area contributed by atoms with Crippen LogP contribution >= 0.6 is 23.4 Å². The minimum absolute atomic E-state index is 0.0113. The molecule has 1 aromatic heterocycles. The van der Waals surface area contributed by atoms with Crippen molar-refractivity contribution >= 4 is 29.1 Å². The summed E-state index contributed by atoms with van der Waals surface area (Å²) in [7, 11) is 1.62. The lowest BCUT2D eigenvalue weighted by Crippen LogP contribution is -2.14. The maximum atomic E-state index is 12.5. The highest BCUT2D eigenvalue weighted by Gasteiger charge is 2.22. The molecule has 1 heterocycles. The number of hydrogen-bond acceptors (Lipinski definition) is 6. The Morgan fingerprint density at radius 3 is 2.47 bits per heavy atom. The third-order valence-corrected chi connectivity index (χ3v) is 5.62. The van der Waals surface area contributed by atoms with Gasteiger partial charge in [-0.2, -0.15) is 0 Å². The Labute approximate surface area is 185 Å². The Balaban J connectivity index is 1.74. The van der Waals surface area contributed by atoms with Crippen molar-refractivity contribution in [3.63, 3.8) is 0 Å². The number of aromatic nitrogens is 3. The molecule has 1 atom stereocenters. The molecular weight excluding hydrogens is 422 g/mol. The van der Waals surface area contributed by atoms with Gasteiger partial charge in [0.2, 0.25) is 0 Å². The zero-order chi connectivity index (χ0) is 21.7. The molecule has 0 spiro atoms. The van der Waals surface area contributed by atoms with E-state index >= 15 is 0 Å². The Morgan fingerprint density at radius 1 is 1.10 bits per heavy atom. The first-order valence-electron chi connectivity index (χ1n) is 9.56. The van der Waals surface area contributed by atoms with Crippen LogP contribution in [0.3, 0.4) is 0 Å². The van der Waals surface area contributed by atoms with Gasteiger partial charge in [-0.25, -0.2) is 0 Å². The van der Waals surface area contributed by atoms with Gasteiger partial charge in [0.1, 0.15) is 11.5 Å². The predicted molar refractivity (Wildman–Crippen MR) is 119 cm³/mol. The lowest BCUT2D eigenvalue weighted by atomic mass is 10.1. The van der Waals surface area contributed by atoms with Gasteiger partial charge in [0.05, 0.1) is 12.9 Å². The monoisotopic (exact) mass is 445 g/mol. The van der Waals surface area contributed by atoms with Crippen molar-refractivity contribution in [2.75, 3.05) is 12.9 Å². The van der Waals surface area contributed by atoms with Crippen molar-refractivity contribution in [1.82, 2.24) is 14.8 Å². The van der Waals surface area contributed by atoms with E-state index < -0.39 is 0 Å². The molecular formula is C22H24ClN3O3S. The predicted octanol–water partition coefficient (Wildman–Crippen LogP) is 5.64. The Bertz CT molecular complexity index is 1010. The van der Waals surface area contributed by atoms with Crippen LogP contribution in [0.25, 0.3) is 0 Å². The SMILES string of the molecule is COc1cccc(OC(C)c2nnc(SCC(=O)c3ccc(Cl)cc3)n2C(C)C)c1. The highest BCUT2D eigenvalue weighted by atomic mass is 35.5. The van der Waals surface area contributed by atoms with Crippen molar-refractivity contribution in [3.05, 3.63) is 64.9 Å². The summed E-state index contributed by atoms with van der Waals surface area (Å²) in [4.78, 5) is 12.5. The van der Waals surface area contributed by atoms with E-state index in [1.54, 1.807) is 31.4 Å². The van der Waals surface area contributed by atoms with Gasteiger partial charge in [-0.05, 0) is 57.2 Å². The van der Waals surface area contributed by atoms with Crippen LogP contribution in [-0.4, -0.2) is 33.4 Å². The maximum Gasteiger partial charge on any atom is 0.192 e. The van der Waals surface area contributed by atoms with Crippen molar-refractivity contribution in [2.24, 2.45) is 0 Å². The molecule has 2 aromatic carbocycles. The summed E-state index contributed by atoms with van der Waals surface area (Å²) in [5, 5.41) is 9.95. The second-order valence-corrected chi connectivity index (χ2v) is 8.34. The number of thioether (sulfide) groups is 1. The first-order valence-corrected chi connectivity index (χ1v) is 10.9. The van der Waals surface area contributed by atoms with Gasteiger partial charge in [0.25, 0.3) is 0 Å². The molecule has 0 aliphatic heterocycles. The standard InChI is InChI=1S/C22H24ClN3O3S/c1-14(2)26-21(15(3)29-19-7-5-6-18(12-19)28-4)24-25-22(26)30-13-20(27)16-8-10-17(23)11-9-16/h5-12,14-15H,13H2,1-4H3. The van der Waals surface area contributed by atoms with Crippen LogP contribution in [0.4, 0.5) is 0 Å². The molecule has 0 N–H and O–H groups in total. The molecule has 0 amide bonds. The van der Waals surface area contributed by atoms with Crippen LogP contribution in [-0.2, 0) is 0 Å². The molecule has 0 bridgehead atoms. The molecule has 8 heteroatoms. The quantitative estimate of drug-likeness (QED) is 0.314. The van der Waals surface area contributed by atoms with E-state index in [9.17, 15) is 4.79 Å². The zero-order valence-corrected chi connectivity index (χ0v) is 18.9. The fourth-order valence-electron chi connectivity index (χ4n) is 2.93. The molecule has 3 aromatic rings. The summed E-state index contributed by atoms with van der Waals surface area (Å²) in [5.74, 6) is 2.39. The summed E-state index contributed by atoms with van der Waals surface area (Å²) in [6.07, 6.45) is -0.326. The number of hydrogen-bond donors (Lipinski definition) is 0. The highest BCUT2D eigenvalue weighted by molar-refractivity contribution is 7.99. The van der Waals surface area contributed by atoms with E-state index in [0.29, 0.717) is 27.3 Å². The Hall–Kier alpha value is -2.51. The first kappa shape index (κ1) is 22.2. The normalized spacial score (nSPS) is 12.1. The topological polar surface area (TPSA) is 66.2 Å². The van der Waals surface area contributed by atoms with E-state index in [0.717, 1.165) is 5.75 Å². The minimum atomic E-state index is -0.326. The van der Waals surface area contributed by atoms with Gasteiger partial charge < -0.3 is 14.0 Å². The van der Waals surface area contributed by atoms with Crippen molar-refractivity contribution in [3.8, 4) is 11.5 Å². The highest BCUT2D eigenvalue weighted by Crippen LogP contribution is 2.29. The fourth-order valence-corrected chi connectivity index (χ4v) is 4.02. The number of halogens is 1. The molecule has 158 valence electrons. The number of benzene rings is 2. The number of carbonyl (C=O) groups is 1. The van der Waals surface area contributed by atoms with E-state index in [2.05, 4.69) is 24.0 Å². The summed E-state index contributed by atoms with van der Waals surface area (Å²) in [6.45, 7) is 6.03. The van der Waals surface area contributed by atoms with Crippen LogP contribution in [0.5, 0.6) is 11.5 Å². The molecule has 3 rings (SSSR count). The van der Waals surface area contributed by atoms with Crippen LogP contribution < -0.4 is 9.47 Å². The summed E-state index contributed by atoms with van der Waals surface area (Å²) in [6, 6.07) is 14.4. The Morgan fingerprint density at radius 2 is 1.80 bits per heavy atom. The second-order valence-electron chi connectivity index (χ2n) is 6.96. The molecule has 0 aliphatic carbocycles. The average molecular weight is 446 g/mol. The van der Waals surface area contributed by atoms with Gasteiger partial charge in [-0.15, -0.1) is 10.2 Å². The molecule has 0 saturated heterocycles. The summed E-state index contributed by atoms with van der Waals surface area (Å²) < 4.78 is 13.3. The molecule has 0 fully saturated rings. The van der Waals surface area contributed by atoms with Crippen molar-refractivity contribution in [2.45, 2.75) is 38.1 Å². The zero-order valence-electron chi connectivity index (χ0n) is 17.3. The first-order chi connectivity index (χ1) is 14.4. The molecule has 0 radical (unpaired) electrons. The van der Waals surface area contributed by atoms with Crippen LogP contribution in [0.15, 0.2) is 53.7 Å². The van der Waals surface area contributed by atoms with Gasteiger partial charge in [0.15, 0.2) is 22.9 Å². The number of ketones is 1. The maximum absolute atomic E-state index is 12.5. The third-order valence-electron chi connectivity index (χ3n) is 4.42. The fraction of sp³-hybridized carbons (Fsp3) is 0.318. The van der Waals surface area contributed by atoms with Gasteiger partial charge >= 0.3 is 0 Å². The summed E-state index contributed by atoms with van der Waals surface area (Å²) in [5.41, 5.74) is 0.623. The van der Waals surface area contributed by atoms with Crippen LogP contribution in [0.2, 0.25) is 5.02 Å². The van der Waals surface area contributed by atoms with E-state index in [-0.39, 0.29) is 23.7 Å². The average Bonchev–Trinajstić information content (AvgIpc) is 3.17. The van der Waals surface area contributed by atoms with Gasteiger partial charge in [-0.3, -0.25) is 4.79 Å². The lowest BCUT2D eigenvalue weighted by Gasteiger charge is -2.19.